The molecule has 0 saturated heterocycles. The van der Waals surface area contributed by atoms with Gasteiger partial charge in [-0.2, -0.15) is 5.10 Å². The van der Waals surface area contributed by atoms with Crippen LogP contribution in [0, 0.1) is 12.7 Å². The predicted molar refractivity (Wildman–Crippen MR) is 102 cm³/mol. The van der Waals surface area contributed by atoms with Crippen LogP contribution < -0.4 is 5.32 Å². The number of rotatable bonds is 4. The van der Waals surface area contributed by atoms with Crippen molar-refractivity contribution < 1.29 is 9.18 Å². The van der Waals surface area contributed by atoms with Gasteiger partial charge < -0.3 is 5.32 Å². The van der Waals surface area contributed by atoms with Gasteiger partial charge in [0.25, 0.3) is 5.91 Å². The van der Waals surface area contributed by atoms with Crippen molar-refractivity contribution in [2.75, 3.05) is 5.32 Å². The highest BCUT2D eigenvalue weighted by molar-refractivity contribution is 6.37. The Morgan fingerprint density at radius 1 is 1.12 bits per heavy atom. The Bertz CT molecular complexity index is 988. The summed E-state index contributed by atoms with van der Waals surface area (Å²) in [6.07, 6.45) is 0. The van der Waals surface area contributed by atoms with Gasteiger partial charge in [0.1, 0.15) is 5.82 Å². The lowest BCUT2D eigenvalue weighted by molar-refractivity contribution is 0.102. The van der Waals surface area contributed by atoms with E-state index in [0.29, 0.717) is 28.0 Å². The second-order valence-corrected chi connectivity index (χ2v) is 6.89. The molecule has 0 fully saturated rings. The summed E-state index contributed by atoms with van der Waals surface area (Å²) in [5.41, 5.74) is 1.82. The normalized spacial score (nSPS) is 10.8. The van der Waals surface area contributed by atoms with Gasteiger partial charge in [-0.15, -0.1) is 0 Å². The van der Waals surface area contributed by atoms with Crippen LogP contribution in [-0.2, 0) is 6.54 Å². The van der Waals surface area contributed by atoms with Gasteiger partial charge in [0, 0.05) is 21.8 Å². The molecule has 1 N–H and O–H groups in total. The van der Waals surface area contributed by atoms with Crippen molar-refractivity contribution in [2.45, 2.75) is 13.5 Å². The number of hydrogen-bond acceptors (Lipinski definition) is 2. The molecule has 0 spiro atoms. The average molecular weight is 413 g/mol. The molecule has 1 amide bonds. The van der Waals surface area contributed by atoms with E-state index in [9.17, 15) is 9.18 Å². The van der Waals surface area contributed by atoms with E-state index >= 15 is 0 Å². The van der Waals surface area contributed by atoms with Crippen molar-refractivity contribution in [1.82, 2.24) is 9.78 Å². The van der Waals surface area contributed by atoms with E-state index in [1.807, 2.05) is 6.92 Å². The zero-order valence-corrected chi connectivity index (χ0v) is 15.8. The first-order valence-corrected chi connectivity index (χ1v) is 8.71. The second-order valence-electron chi connectivity index (χ2n) is 5.64. The van der Waals surface area contributed by atoms with Crippen LogP contribution in [0.4, 0.5) is 10.2 Å². The highest BCUT2D eigenvalue weighted by Crippen LogP contribution is 2.23. The smallest absolute Gasteiger partial charge is 0.258 e. The summed E-state index contributed by atoms with van der Waals surface area (Å²) in [7, 11) is 0. The van der Waals surface area contributed by atoms with E-state index in [-0.39, 0.29) is 5.02 Å². The molecule has 0 saturated carbocycles. The third kappa shape index (κ3) is 4.18. The van der Waals surface area contributed by atoms with Gasteiger partial charge in [-0.1, -0.05) is 40.9 Å². The Hall–Kier alpha value is -2.08. The first kappa shape index (κ1) is 18.7. The van der Waals surface area contributed by atoms with Crippen LogP contribution in [-0.4, -0.2) is 15.7 Å². The van der Waals surface area contributed by atoms with Gasteiger partial charge in [-0.3, -0.25) is 9.48 Å². The molecule has 3 aromatic rings. The van der Waals surface area contributed by atoms with Crippen LogP contribution in [0.3, 0.4) is 0 Å². The molecule has 0 unspecified atom stereocenters. The number of benzene rings is 2. The molecule has 2 aromatic carbocycles. The third-order valence-corrected chi connectivity index (χ3v) is 4.63. The van der Waals surface area contributed by atoms with E-state index in [1.54, 1.807) is 28.9 Å². The first-order valence-electron chi connectivity index (χ1n) is 7.58. The summed E-state index contributed by atoms with van der Waals surface area (Å²) < 4.78 is 14.8. The summed E-state index contributed by atoms with van der Waals surface area (Å²) in [5, 5.41) is 8.06. The minimum absolute atomic E-state index is 0.254. The molecule has 134 valence electrons. The maximum atomic E-state index is 13.2. The molecule has 1 heterocycles. The van der Waals surface area contributed by atoms with Crippen molar-refractivity contribution >= 4 is 46.5 Å². The van der Waals surface area contributed by atoms with Crippen LogP contribution in [0.2, 0.25) is 15.1 Å². The molecule has 0 bridgehead atoms. The summed E-state index contributed by atoms with van der Waals surface area (Å²) in [6.45, 7) is 2.19. The average Bonchev–Trinajstić information content (AvgIpc) is 2.89. The largest absolute Gasteiger partial charge is 0.305 e. The van der Waals surface area contributed by atoms with Gasteiger partial charge in [0.05, 0.1) is 17.1 Å². The molecule has 3 rings (SSSR count). The van der Waals surface area contributed by atoms with Gasteiger partial charge in [-0.25, -0.2) is 4.39 Å². The molecule has 0 aliphatic heterocycles. The van der Waals surface area contributed by atoms with Crippen molar-refractivity contribution in [3.8, 4) is 0 Å². The van der Waals surface area contributed by atoms with Crippen LogP contribution >= 0.6 is 34.8 Å². The molecule has 26 heavy (non-hydrogen) atoms. The van der Waals surface area contributed by atoms with Crippen molar-refractivity contribution in [3.63, 3.8) is 0 Å². The highest BCUT2D eigenvalue weighted by atomic mass is 35.5. The predicted octanol–water partition coefficient (Wildman–Crippen LogP) is 5.59. The number of halogens is 4. The van der Waals surface area contributed by atoms with E-state index in [0.717, 1.165) is 11.3 Å². The summed E-state index contributed by atoms with van der Waals surface area (Å²) in [4.78, 5) is 12.4. The fraction of sp³-hybridized carbons (Fsp3) is 0.111. The fourth-order valence-corrected chi connectivity index (χ4v) is 3.12. The summed E-state index contributed by atoms with van der Waals surface area (Å²) >= 11 is 17.9. The molecule has 8 heteroatoms. The SMILES string of the molecule is Cc1cc(NC(=O)c2ccc(Cl)cc2Cl)nn1Cc1ccc(F)cc1Cl. The molecule has 4 nitrogen and oxygen atoms in total. The zero-order valence-electron chi connectivity index (χ0n) is 13.6. The minimum atomic E-state index is -0.399. The number of nitrogens with zero attached hydrogens (tertiary/aromatic N) is 2. The Balaban J connectivity index is 1.78. The van der Waals surface area contributed by atoms with Crippen molar-refractivity contribution in [2.24, 2.45) is 0 Å². The Morgan fingerprint density at radius 2 is 1.88 bits per heavy atom. The van der Waals surface area contributed by atoms with Crippen LogP contribution in [0.5, 0.6) is 0 Å². The first-order chi connectivity index (χ1) is 12.3. The minimum Gasteiger partial charge on any atom is -0.305 e. The number of amides is 1. The number of anilines is 1. The standard InChI is InChI=1S/C18H13Cl3FN3O/c1-10-6-17(23-18(26)14-5-3-12(19)7-16(14)21)24-25(10)9-11-2-4-13(22)8-15(11)20/h2-8H,9H2,1H3,(H,23,24,26). The quantitative estimate of drug-likeness (QED) is 0.607. The number of carbonyl (C=O) groups is 1. The van der Waals surface area contributed by atoms with E-state index in [2.05, 4.69) is 10.4 Å². The number of aryl methyl sites for hydroxylation is 1. The van der Waals surface area contributed by atoms with E-state index < -0.39 is 11.7 Å². The maximum absolute atomic E-state index is 13.2. The highest BCUT2D eigenvalue weighted by Gasteiger charge is 2.14. The van der Waals surface area contributed by atoms with Crippen molar-refractivity contribution in [3.05, 3.63) is 80.2 Å². The third-order valence-electron chi connectivity index (χ3n) is 3.73. The Morgan fingerprint density at radius 3 is 2.58 bits per heavy atom. The van der Waals surface area contributed by atoms with Crippen LogP contribution in [0.15, 0.2) is 42.5 Å². The fourth-order valence-electron chi connectivity index (χ4n) is 2.40. The summed E-state index contributed by atoms with van der Waals surface area (Å²) in [5.74, 6) is -0.420. The van der Waals surface area contributed by atoms with Gasteiger partial charge in [0.15, 0.2) is 5.82 Å². The Kier molecular flexibility index (Phi) is 5.51. The van der Waals surface area contributed by atoms with Gasteiger partial charge in [-0.05, 0) is 42.8 Å². The molecule has 1 aromatic heterocycles. The number of aromatic nitrogens is 2. The molecular weight excluding hydrogens is 400 g/mol. The lowest BCUT2D eigenvalue weighted by Gasteiger charge is -2.07. The maximum Gasteiger partial charge on any atom is 0.258 e. The van der Waals surface area contributed by atoms with Gasteiger partial charge in [0.2, 0.25) is 0 Å². The van der Waals surface area contributed by atoms with Crippen molar-refractivity contribution in [1.29, 1.82) is 0 Å². The zero-order chi connectivity index (χ0) is 18.8. The van der Waals surface area contributed by atoms with Crippen LogP contribution in [0.25, 0.3) is 0 Å². The van der Waals surface area contributed by atoms with E-state index in [4.69, 9.17) is 34.8 Å². The molecule has 0 aliphatic carbocycles. The number of hydrogen-bond donors (Lipinski definition) is 1. The van der Waals surface area contributed by atoms with E-state index in [1.165, 1.54) is 18.2 Å². The lowest BCUT2D eigenvalue weighted by atomic mass is 10.2. The number of carbonyl (C=O) groups excluding carboxylic acids is 1. The monoisotopic (exact) mass is 411 g/mol. The molecular formula is C18H13Cl3FN3O. The number of nitrogens with one attached hydrogen (secondary N) is 1. The molecule has 0 radical (unpaired) electrons. The topological polar surface area (TPSA) is 46.9 Å². The Labute approximate surface area is 164 Å². The summed E-state index contributed by atoms with van der Waals surface area (Å²) in [6, 6.07) is 10.5. The molecule has 0 atom stereocenters. The lowest BCUT2D eigenvalue weighted by Crippen LogP contribution is -2.13. The second kappa shape index (κ2) is 7.66. The molecule has 0 aliphatic rings. The van der Waals surface area contributed by atoms with Crippen LogP contribution in [0.1, 0.15) is 21.6 Å². The van der Waals surface area contributed by atoms with Gasteiger partial charge >= 0.3 is 0 Å².